The molecule has 0 amide bonds. The molecule has 0 fully saturated rings. The molecule has 1 aromatic heterocycles. The van der Waals surface area contributed by atoms with Gasteiger partial charge in [-0.05, 0) is 22.0 Å². The number of hydrogen-bond acceptors (Lipinski definition) is 3. The summed E-state index contributed by atoms with van der Waals surface area (Å²) in [6.07, 6.45) is 3.63. The molecule has 0 spiro atoms. The summed E-state index contributed by atoms with van der Waals surface area (Å²) >= 11 is 3.33. The van der Waals surface area contributed by atoms with Crippen LogP contribution in [0.3, 0.4) is 0 Å². The monoisotopic (exact) mass is 296 g/mol. The lowest BCUT2D eigenvalue weighted by atomic mass is 10.2. The molecule has 0 radical (unpaired) electrons. The lowest BCUT2D eigenvalue weighted by Crippen LogP contribution is -2.09. The molecule has 0 unspecified atom stereocenters. The van der Waals surface area contributed by atoms with E-state index in [1.54, 1.807) is 10.9 Å². The van der Waals surface area contributed by atoms with E-state index in [4.69, 9.17) is 9.84 Å². The zero-order valence-corrected chi connectivity index (χ0v) is 10.8. The van der Waals surface area contributed by atoms with Crippen molar-refractivity contribution in [2.75, 3.05) is 6.61 Å². The highest BCUT2D eigenvalue weighted by atomic mass is 79.9. The van der Waals surface area contributed by atoms with Gasteiger partial charge in [0.2, 0.25) is 0 Å². The average molecular weight is 297 g/mol. The van der Waals surface area contributed by atoms with Crippen LogP contribution < -0.4 is 4.74 Å². The fourth-order valence-electron chi connectivity index (χ4n) is 1.49. The molecule has 0 aliphatic rings. The van der Waals surface area contributed by atoms with Crippen molar-refractivity contribution in [3.8, 4) is 5.75 Å². The number of ether oxygens (including phenoxy) is 1. The van der Waals surface area contributed by atoms with Crippen molar-refractivity contribution in [2.24, 2.45) is 0 Å². The number of halogens is 1. The van der Waals surface area contributed by atoms with E-state index in [1.807, 2.05) is 30.5 Å². The topological polar surface area (TPSA) is 47.3 Å². The van der Waals surface area contributed by atoms with Crippen LogP contribution in [0.5, 0.6) is 5.75 Å². The van der Waals surface area contributed by atoms with Crippen molar-refractivity contribution in [1.82, 2.24) is 9.78 Å². The average Bonchev–Trinajstić information content (AvgIpc) is 2.76. The summed E-state index contributed by atoms with van der Waals surface area (Å²) in [4.78, 5) is 0. The number of aromatic nitrogens is 2. The lowest BCUT2D eigenvalue weighted by molar-refractivity contribution is 0.255. The van der Waals surface area contributed by atoms with Crippen LogP contribution in [0, 0.1) is 0 Å². The molecule has 1 N–H and O–H groups in total. The predicted molar refractivity (Wildman–Crippen MR) is 67.8 cm³/mol. The van der Waals surface area contributed by atoms with Crippen LogP contribution in [0.1, 0.15) is 5.56 Å². The Morgan fingerprint density at radius 1 is 1.35 bits per heavy atom. The smallest absolute Gasteiger partial charge is 0.124 e. The third kappa shape index (κ3) is 3.31. The second-order valence-corrected chi connectivity index (χ2v) is 4.45. The standard InChI is InChI=1S/C12H13BrN2O2/c13-11-7-14-15(8-11)5-6-17-12-4-2-1-3-10(12)9-16/h1-4,7-8,16H,5-6,9H2. The van der Waals surface area contributed by atoms with Crippen molar-refractivity contribution in [1.29, 1.82) is 0 Å². The van der Waals surface area contributed by atoms with Gasteiger partial charge in [0.15, 0.2) is 0 Å². The molecular formula is C12H13BrN2O2. The number of aliphatic hydroxyl groups is 1. The summed E-state index contributed by atoms with van der Waals surface area (Å²) in [5, 5.41) is 13.3. The van der Waals surface area contributed by atoms with E-state index in [0.717, 1.165) is 15.8 Å². The van der Waals surface area contributed by atoms with Crippen LogP contribution in [-0.2, 0) is 13.2 Å². The first-order valence-corrected chi connectivity index (χ1v) is 6.08. The van der Waals surface area contributed by atoms with Gasteiger partial charge in [0.1, 0.15) is 12.4 Å². The summed E-state index contributed by atoms with van der Waals surface area (Å²) in [7, 11) is 0. The summed E-state index contributed by atoms with van der Waals surface area (Å²) in [5.41, 5.74) is 0.800. The number of hydrogen-bond donors (Lipinski definition) is 1. The third-order valence-electron chi connectivity index (χ3n) is 2.32. The van der Waals surface area contributed by atoms with Gasteiger partial charge in [0.05, 0.1) is 23.8 Å². The van der Waals surface area contributed by atoms with Crippen molar-refractivity contribution < 1.29 is 9.84 Å². The maximum Gasteiger partial charge on any atom is 0.124 e. The molecule has 0 aliphatic heterocycles. The van der Waals surface area contributed by atoms with Crippen LogP contribution in [0.2, 0.25) is 0 Å². The van der Waals surface area contributed by atoms with Crippen molar-refractivity contribution in [3.05, 3.63) is 46.7 Å². The molecule has 17 heavy (non-hydrogen) atoms. The molecule has 5 heteroatoms. The normalized spacial score (nSPS) is 10.5. The van der Waals surface area contributed by atoms with E-state index in [9.17, 15) is 0 Å². The Morgan fingerprint density at radius 3 is 2.88 bits per heavy atom. The Morgan fingerprint density at radius 2 is 2.18 bits per heavy atom. The minimum Gasteiger partial charge on any atom is -0.491 e. The summed E-state index contributed by atoms with van der Waals surface area (Å²) in [6.45, 7) is 1.18. The number of aliphatic hydroxyl groups excluding tert-OH is 1. The highest BCUT2D eigenvalue weighted by Gasteiger charge is 2.01. The summed E-state index contributed by atoms with van der Waals surface area (Å²) < 4.78 is 8.35. The second-order valence-electron chi connectivity index (χ2n) is 3.54. The van der Waals surface area contributed by atoms with Crippen LogP contribution in [0.4, 0.5) is 0 Å². The number of rotatable bonds is 5. The van der Waals surface area contributed by atoms with Gasteiger partial charge in [-0.3, -0.25) is 4.68 Å². The molecule has 0 atom stereocenters. The zero-order valence-electron chi connectivity index (χ0n) is 9.21. The van der Waals surface area contributed by atoms with Crippen LogP contribution >= 0.6 is 15.9 Å². The molecule has 0 saturated heterocycles. The van der Waals surface area contributed by atoms with Gasteiger partial charge >= 0.3 is 0 Å². The molecular weight excluding hydrogens is 284 g/mol. The number of para-hydroxylation sites is 1. The molecule has 4 nitrogen and oxygen atoms in total. The molecule has 0 saturated carbocycles. The molecule has 2 aromatic rings. The Bertz CT molecular complexity index is 485. The van der Waals surface area contributed by atoms with Crippen molar-refractivity contribution in [3.63, 3.8) is 0 Å². The Hall–Kier alpha value is -1.33. The minimum atomic E-state index is -0.0104. The highest BCUT2D eigenvalue weighted by Crippen LogP contribution is 2.17. The van der Waals surface area contributed by atoms with E-state index < -0.39 is 0 Å². The van der Waals surface area contributed by atoms with Gasteiger partial charge in [-0.25, -0.2) is 0 Å². The van der Waals surface area contributed by atoms with Gasteiger partial charge in [-0.15, -0.1) is 0 Å². The Balaban J connectivity index is 1.89. The van der Waals surface area contributed by atoms with E-state index in [2.05, 4.69) is 21.0 Å². The molecule has 1 aromatic carbocycles. The number of nitrogens with zero attached hydrogens (tertiary/aromatic N) is 2. The molecule has 0 aliphatic carbocycles. The van der Waals surface area contributed by atoms with E-state index >= 15 is 0 Å². The molecule has 1 heterocycles. The minimum absolute atomic E-state index is 0.0104. The van der Waals surface area contributed by atoms with E-state index in [-0.39, 0.29) is 6.61 Å². The van der Waals surface area contributed by atoms with Gasteiger partial charge in [-0.2, -0.15) is 5.10 Å². The van der Waals surface area contributed by atoms with Crippen LogP contribution in [0.15, 0.2) is 41.1 Å². The summed E-state index contributed by atoms with van der Waals surface area (Å²) in [5.74, 6) is 0.723. The van der Waals surface area contributed by atoms with Gasteiger partial charge in [0.25, 0.3) is 0 Å². The Labute approximate surface area is 108 Å². The first-order valence-electron chi connectivity index (χ1n) is 5.29. The SMILES string of the molecule is OCc1ccccc1OCCn1cc(Br)cn1. The molecule has 0 bridgehead atoms. The van der Waals surface area contributed by atoms with Crippen molar-refractivity contribution >= 4 is 15.9 Å². The van der Waals surface area contributed by atoms with Crippen LogP contribution in [-0.4, -0.2) is 21.5 Å². The predicted octanol–water partition coefficient (Wildman–Crippen LogP) is 2.22. The van der Waals surface area contributed by atoms with Gasteiger partial charge in [0, 0.05) is 11.8 Å². The van der Waals surface area contributed by atoms with Crippen molar-refractivity contribution in [2.45, 2.75) is 13.2 Å². The fraction of sp³-hybridized carbons (Fsp3) is 0.250. The summed E-state index contributed by atoms with van der Waals surface area (Å²) in [6, 6.07) is 7.46. The maximum absolute atomic E-state index is 9.13. The van der Waals surface area contributed by atoms with Gasteiger partial charge in [-0.1, -0.05) is 18.2 Å². The quantitative estimate of drug-likeness (QED) is 0.920. The highest BCUT2D eigenvalue weighted by molar-refractivity contribution is 9.10. The largest absolute Gasteiger partial charge is 0.491 e. The molecule has 2 rings (SSSR count). The first kappa shape index (κ1) is 12.1. The molecule has 90 valence electrons. The van der Waals surface area contributed by atoms with Gasteiger partial charge < -0.3 is 9.84 Å². The third-order valence-corrected chi connectivity index (χ3v) is 2.73. The maximum atomic E-state index is 9.13. The van der Waals surface area contributed by atoms with E-state index in [1.165, 1.54) is 0 Å². The first-order chi connectivity index (χ1) is 8.29. The Kier molecular flexibility index (Phi) is 4.17. The number of benzene rings is 1. The fourth-order valence-corrected chi connectivity index (χ4v) is 1.81. The van der Waals surface area contributed by atoms with E-state index in [0.29, 0.717) is 13.2 Å². The lowest BCUT2D eigenvalue weighted by Gasteiger charge is -2.09. The van der Waals surface area contributed by atoms with Crippen LogP contribution in [0.25, 0.3) is 0 Å². The zero-order chi connectivity index (χ0) is 12.1. The second kappa shape index (κ2) is 5.84.